The minimum absolute atomic E-state index is 0.125. The first-order valence-corrected chi connectivity index (χ1v) is 11.4. The molecule has 150 valence electrons. The van der Waals surface area contributed by atoms with Crippen molar-refractivity contribution in [1.29, 1.82) is 0 Å². The number of ether oxygens (including phenoxy) is 1. The summed E-state index contributed by atoms with van der Waals surface area (Å²) < 4.78 is 5.79. The van der Waals surface area contributed by atoms with E-state index in [2.05, 4.69) is 6.92 Å². The fourth-order valence-electron chi connectivity index (χ4n) is 5.22. The van der Waals surface area contributed by atoms with Crippen molar-refractivity contribution < 1.29 is 9.53 Å². The van der Waals surface area contributed by atoms with Gasteiger partial charge in [0.15, 0.2) is 0 Å². The molecular formula is C25H38O2. The van der Waals surface area contributed by atoms with Crippen LogP contribution in [0.5, 0.6) is 0 Å². The van der Waals surface area contributed by atoms with Gasteiger partial charge in [-0.2, -0.15) is 0 Å². The molecule has 0 aliphatic heterocycles. The lowest BCUT2D eigenvalue weighted by Gasteiger charge is -2.37. The van der Waals surface area contributed by atoms with Gasteiger partial charge in [0, 0.05) is 0 Å². The van der Waals surface area contributed by atoms with E-state index in [9.17, 15) is 4.79 Å². The summed E-state index contributed by atoms with van der Waals surface area (Å²) in [6.07, 6.45) is 16.2. The third kappa shape index (κ3) is 6.09. The summed E-state index contributed by atoms with van der Waals surface area (Å²) in [6, 6.07) is 7.71. The summed E-state index contributed by atoms with van der Waals surface area (Å²) in [6.45, 7) is 4.33. The van der Waals surface area contributed by atoms with Crippen LogP contribution in [0.4, 0.5) is 0 Å². The predicted molar refractivity (Wildman–Crippen MR) is 112 cm³/mol. The average Bonchev–Trinajstić information content (AvgIpc) is 2.70. The van der Waals surface area contributed by atoms with Crippen LogP contribution < -0.4 is 0 Å². The molecule has 1 aromatic rings. The van der Waals surface area contributed by atoms with Crippen molar-refractivity contribution in [3.8, 4) is 0 Å². The van der Waals surface area contributed by atoms with Crippen LogP contribution in [-0.2, 0) is 4.74 Å². The molecule has 3 rings (SSSR count). The zero-order valence-corrected chi connectivity index (χ0v) is 17.4. The molecule has 0 spiro atoms. The SMILES string of the molecule is CCCCCC1CCC(C2CCC(OC(=O)c3ccc(C)cc3)CC2)CC1. The second-order valence-electron chi connectivity index (χ2n) is 9.08. The molecule has 0 saturated heterocycles. The number of unbranched alkanes of at least 4 members (excludes halogenated alkanes) is 2. The molecule has 0 amide bonds. The highest BCUT2D eigenvalue weighted by atomic mass is 16.5. The van der Waals surface area contributed by atoms with Gasteiger partial charge in [0.1, 0.15) is 6.10 Å². The topological polar surface area (TPSA) is 26.3 Å². The molecule has 0 aromatic heterocycles. The molecule has 2 aliphatic carbocycles. The summed E-state index contributed by atoms with van der Waals surface area (Å²) in [5, 5.41) is 0. The van der Waals surface area contributed by atoms with Crippen LogP contribution in [-0.4, -0.2) is 12.1 Å². The van der Waals surface area contributed by atoms with E-state index in [1.807, 2.05) is 31.2 Å². The lowest BCUT2D eigenvalue weighted by atomic mass is 9.70. The Balaban J connectivity index is 1.37. The number of aryl methyl sites for hydroxylation is 1. The maximum atomic E-state index is 12.3. The molecule has 0 bridgehead atoms. The standard InChI is InChI=1S/C25H38O2/c1-3-4-5-6-20-9-13-21(14-10-20)22-15-17-24(18-16-22)27-25(26)23-11-7-19(2)8-12-23/h7-8,11-12,20-22,24H,3-6,9-10,13-18H2,1-2H3. The van der Waals surface area contributed by atoms with Crippen molar-refractivity contribution in [2.45, 2.75) is 97.0 Å². The molecule has 2 aliphatic rings. The van der Waals surface area contributed by atoms with Gasteiger partial charge in [-0.3, -0.25) is 0 Å². The van der Waals surface area contributed by atoms with E-state index < -0.39 is 0 Å². The number of carbonyl (C=O) groups excluding carboxylic acids is 1. The van der Waals surface area contributed by atoms with E-state index >= 15 is 0 Å². The highest BCUT2D eigenvalue weighted by molar-refractivity contribution is 5.89. The smallest absolute Gasteiger partial charge is 0.338 e. The molecule has 0 unspecified atom stereocenters. The van der Waals surface area contributed by atoms with E-state index in [1.54, 1.807) is 0 Å². The summed E-state index contributed by atoms with van der Waals surface area (Å²) in [4.78, 5) is 12.3. The van der Waals surface area contributed by atoms with Gasteiger partial charge in [0.05, 0.1) is 5.56 Å². The number of hydrogen-bond donors (Lipinski definition) is 0. The lowest BCUT2D eigenvalue weighted by molar-refractivity contribution is 0.0109. The lowest BCUT2D eigenvalue weighted by Crippen LogP contribution is -2.29. The fraction of sp³-hybridized carbons (Fsp3) is 0.720. The Morgan fingerprint density at radius 1 is 0.889 bits per heavy atom. The first-order chi connectivity index (χ1) is 13.2. The van der Waals surface area contributed by atoms with Crippen LogP contribution in [0.1, 0.15) is 99.9 Å². The Hall–Kier alpha value is -1.31. The summed E-state index contributed by atoms with van der Waals surface area (Å²) in [7, 11) is 0. The Kier molecular flexibility index (Phi) is 7.79. The molecule has 27 heavy (non-hydrogen) atoms. The van der Waals surface area contributed by atoms with Crippen LogP contribution in [0.2, 0.25) is 0 Å². The van der Waals surface area contributed by atoms with Crippen molar-refractivity contribution >= 4 is 5.97 Å². The van der Waals surface area contributed by atoms with Crippen LogP contribution in [0, 0.1) is 24.7 Å². The van der Waals surface area contributed by atoms with Gasteiger partial charge in [0.25, 0.3) is 0 Å². The van der Waals surface area contributed by atoms with Crippen LogP contribution in [0.3, 0.4) is 0 Å². The second kappa shape index (κ2) is 10.3. The zero-order chi connectivity index (χ0) is 19.1. The minimum atomic E-state index is -0.147. The molecule has 0 radical (unpaired) electrons. The molecule has 0 atom stereocenters. The predicted octanol–water partition coefficient (Wildman–Crippen LogP) is 7.10. The molecular weight excluding hydrogens is 332 g/mol. The highest BCUT2D eigenvalue weighted by Gasteiger charge is 2.31. The highest BCUT2D eigenvalue weighted by Crippen LogP contribution is 2.41. The number of hydrogen-bond acceptors (Lipinski definition) is 2. The van der Waals surface area contributed by atoms with E-state index in [1.165, 1.54) is 69.8 Å². The van der Waals surface area contributed by atoms with E-state index in [0.29, 0.717) is 5.56 Å². The Labute approximate surface area is 166 Å². The third-order valence-electron chi connectivity index (χ3n) is 7.05. The van der Waals surface area contributed by atoms with Gasteiger partial charge in [-0.05, 0) is 75.3 Å². The maximum absolute atomic E-state index is 12.3. The summed E-state index contributed by atoms with van der Waals surface area (Å²) in [5.74, 6) is 2.66. The van der Waals surface area contributed by atoms with Gasteiger partial charge >= 0.3 is 5.97 Å². The van der Waals surface area contributed by atoms with Crippen molar-refractivity contribution in [1.82, 2.24) is 0 Å². The maximum Gasteiger partial charge on any atom is 0.338 e. The number of esters is 1. The Bertz CT molecular complexity index is 560. The van der Waals surface area contributed by atoms with Gasteiger partial charge in [-0.15, -0.1) is 0 Å². The molecule has 2 nitrogen and oxygen atoms in total. The molecule has 2 saturated carbocycles. The first-order valence-electron chi connectivity index (χ1n) is 11.4. The van der Waals surface area contributed by atoms with Gasteiger partial charge in [-0.25, -0.2) is 4.79 Å². The van der Waals surface area contributed by atoms with E-state index in [4.69, 9.17) is 4.74 Å². The Morgan fingerprint density at radius 3 is 2.07 bits per heavy atom. The largest absolute Gasteiger partial charge is 0.459 e. The molecule has 1 aromatic carbocycles. The quantitative estimate of drug-likeness (QED) is 0.378. The van der Waals surface area contributed by atoms with Crippen molar-refractivity contribution in [3.05, 3.63) is 35.4 Å². The first kappa shape index (κ1) is 20.4. The van der Waals surface area contributed by atoms with Crippen molar-refractivity contribution in [2.75, 3.05) is 0 Å². The van der Waals surface area contributed by atoms with Gasteiger partial charge in [0.2, 0.25) is 0 Å². The molecule has 2 heteroatoms. The van der Waals surface area contributed by atoms with Crippen LogP contribution in [0.15, 0.2) is 24.3 Å². The minimum Gasteiger partial charge on any atom is -0.459 e. The van der Waals surface area contributed by atoms with Crippen molar-refractivity contribution in [2.24, 2.45) is 17.8 Å². The molecule has 0 N–H and O–H groups in total. The summed E-state index contributed by atoms with van der Waals surface area (Å²) in [5.41, 5.74) is 1.86. The fourth-order valence-corrected chi connectivity index (χ4v) is 5.22. The van der Waals surface area contributed by atoms with Gasteiger partial charge in [-0.1, -0.05) is 63.1 Å². The zero-order valence-electron chi connectivity index (χ0n) is 17.4. The summed E-state index contributed by atoms with van der Waals surface area (Å²) >= 11 is 0. The van der Waals surface area contributed by atoms with Crippen LogP contribution in [0.25, 0.3) is 0 Å². The number of benzene rings is 1. The van der Waals surface area contributed by atoms with Crippen LogP contribution >= 0.6 is 0 Å². The van der Waals surface area contributed by atoms with Gasteiger partial charge < -0.3 is 4.74 Å². The van der Waals surface area contributed by atoms with Crippen molar-refractivity contribution in [3.63, 3.8) is 0 Å². The monoisotopic (exact) mass is 370 g/mol. The Morgan fingerprint density at radius 2 is 1.48 bits per heavy atom. The number of carbonyl (C=O) groups is 1. The molecule has 2 fully saturated rings. The number of rotatable bonds is 7. The molecule has 0 heterocycles. The normalized spacial score (nSPS) is 28.7. The van der Waals surface area contributed by atoms with E-state index in [0.717, 1.165) is 30.6 Å². The average molecular weight is 371 g/mol. The van der Waals surface area contributed by atoms with E-state index in [-0.39, 0.29) is 12.1 Å². The second-order valence-corrected chi connectivity index (χ2v) is 9.08. The third-order valence-corrected chi connectivity index (χ3v) is 7.05.